The molecule has 0 fully saturated rings. The zero-order chi connectivity index (χ0) is 9.19. The molecule has 0 aliphatic carbocycles. The van der Waals surface area contributed by atoms with Crippen LogP contribution in [0.4, 0.5) is 13.2 Å². The van der Waals surface area contributed by atoms with Gasteiger partial charge >= 0.3 is 0 Å². The summed E-state index contributed by atoms with van der Waals surface area (Å²) in [7, 11) is 0. The Morgan fingerprint density at radius 2 is 2.17 bits per heavy atom. The van der Waals surface area contributed by atoms with E-state index in [1.165, 1.54) is 24.3 Å². The Morgan fingerprint density at radius 1 is 1.50 bits per heavy atom. The molecule has 1 rings (SSSR count). The Hall–Kier alpha value is -0.990. The van der Waals surface area contributed by atoms with Crippen LogP contribution in [-0.2, 0) is 0 Å². The molecule has 1 atom stereocenters. The molecule has 0 saturated heterocycles. The van der Waals surface area contributed by atoms with Crippen LogP contribution in [0.3, 0.4) is 0 Å². The summed E-state index contributed by atoms with van der Waals surface area (Å²) in [5.41, 5.74) is -0.0370. The van der Waals surface area contributed by atoms with Crippen LogP contribution in [0.5, 0.6) is 0 Å². The van der Waals surface area contributed by atoms with Crippen molar-refractivity contribution in [1.29, 1.82) is 0 Å². The predicted molar refractivity (Wildman–Crippen MR) is 39.7 cm³/mol. The minimum absolute atomic E-state index is 0.0370. The van der Waals surface area contributed by atoms with Gasteiger partial charge in [0.2, 0.25) is 0 Å². The lowest BCUT2D eigenvalue weighted by molar-refractivity contribution is -0.0566. The van der Waals surface area contributed by atoms with Gasteiger partial charge in [0.05, 0.1) is 0 Å². The van der Waals surface area contributed by atoms with Crippen LogP contribution in [0.25, 0.3) is 0 Å². The lowest BCUT2D eigenvalue weighted by Gasteiger charge is -2.15. The highest BCUT2D eigenvalue weighted by molar-refractivity contribution is 5.18. The van der Waals surface area contributed by atoms with E-state index < -0.39 is 12.1 Å². The standard InChI is InChI=1S/C9H8F3/c1-9(11,12)8(10)7-5-3-2-4-6-7/h2-3,5-6,8H,1H3. The van der Waals surface area contributed by atoms with Crippen molar-refractivity contribution in [3.05, 3.63) is 35.9 Å². The summed E-state index contributed by atoms with van der Waals surface area (Å²) in [6.45, 7) is 0.560. The maximum Gasteiger partial charge on any atom is 0.280 e. The van der Waals surface area contributed by atoms with Gasteiger partial charge in [0.25, 0.3) is 5.92 Å². The van der Waals surface area contributed by atoms with Crippen LogP contribution < -0.4 is 0 Å². The van der Waals surface area contributed by atoms with Gasteiger partial charge in [-0.05, 0) is 17.7 Å². The monoisotopic (exact) mass is 173 g/mol. The molecule has 0 spiro atoms. The number of hydrogen-bond donors (Lipinski definition) is 0. The SMILES string of the molecule is CC(F)(F)C(F)c1c[c]ccc1. The molecule has 65 valence electrons. The molecule has 0 amide bonds. The Kier molecular flexibility index (Phi) is 2.40. The zero-order valence-corrected chi connectivity index (χ0v) is 6.52. The van der Waals surface area contributed by atoms with E-state index in [2.05, 4.69) is 6.07 Å². The second kappa shape index (κ2) is 3.17. The van der Waals surface area contributed by atoms with Crippen LogP contribution in [0, 0.1) is 6.07 Å². The molecule has 12 heavy (non-hydrogen) atoms. The van der Waals surface area contributed by atoms with Gasteiger partial charge in [-0.15, -0.1) is 0 Å². The fraction of sp³-hybridized carbons (Fsp3) is 0.333. The minimum atomic E-state index is -3.32. The molecular formula is C9H8F3. The van der Waals surface area contributed by atoms with Crippen molar-refractivity contribution in [1.82, 2.24) is 0 Å². The average Bonchev–Trinajstić information content (AvgIpc) is 2.03. The minimum Gasteiger partial charge on any atom is -0.236 e. The van der Waals surface area contributed by atoms with Crippen molar-refractivity contribution in [3.63, 3.8) is 0 Å². The van der Waals surface area contributed by atoms with Crippen LogP contribution in [-0.4, -0.2) is 5.92 Å². The van der Waals surface area contributed by atoms with Crippen molar-refractivity contribution >= 4 is 0 Å². The number of rotatable bonds is 2. The second-order valence-electron chi connectivity index (χ2n) is 2.66. The number of halogens is 3. The van der Waals surface area contributed by atoms with Crippen molar-refractivity contribution < 1.29 is 13.2 Å². The maximum absolute atomic E-state index is 12.9. The molecule has 1 aromatic carbocycles. The van der Waals surface area contributed by atoms with Crippen molar-refractivity contribution in [2.75, 3.05) is 0 Å². The van der Waals surface area contributed by atoms with Gasteiger partial charge in [0, 0.05) is 6.92 Å². The first-order valence-corrected chi connectivity index (χ1v) is 3.49. The molecular weight excluding hydrogens is 165 g/mol. The number of alkyl halides is 3. The van der Waals surface area contributed by atoms with Crippen LogP contribution >= 0.6 is 0 Å². The Morgan fingerprint density at radius 3 is 2.58 bits per heavy atom. The van der Waals surface area contributed by atoms with E-state index in [1.54, 1.807) is 0 Å². The lowest BCUT2D eigenvalue weighted by atomic mass is 10.1. The van der Waals surface area contributed by atoms with Gasteiger partial charge in [-0.3, -0.25) is 0 Å². The first-order valence-electron chi connectivity index (χ1n) is 3.49. The third kappa shape index (κ3) is 2.00. The van der Waals surface area contributed by atoms with E-state index in [1.807, 2.05) is 0 Å². The molecule has 1 aromatic rings. The second-order valence-corrected chi connectivity index (χ2v) is 2.66. The summed E-state index contributed by atoms with van der Waals surface area (Å²) in [5, 5.41) is 0. The smallest absolute Gasteiger partial charge is 0.236 e. The third-order valence-electron chi connectivity index (χ3n) is 1.47. The van der Waals surface area contributed by atoms with Crippen LogP contribution in [0.1, 0.15) is 18.7 Å². The normalized spacial score (nSPS) is 14.3. The molecule has 0 nitrogen and oxygen atoms in total. The molecule has 0 aliphatic rings. The van der Waals surface area contributed by atoms with E-state index in [-0.39, 0.29) is 5.56 Å². The fourth-order valence-corrected chi connectivity index (χ4v) is 0.858. The highest BCUT2D eigenvalue weighted by Gasteiger charge is 2.35. The molecule has 0 aromatic heterocycles. The van der Waals surface area contributed by atoms with E-state index in [0.717, 1.165) is 0 Å². The summed E-state index contributed by atoms with van der Waals surface area (Å²) < 4.78 is 37.7. The fourth-order valence-electron chi connectivity index (χ4n) is 0.858. The molecule has 0 aliphatic heterocycles. The third-order valence-corrected chi connectivity index (χ3v) is 1.47. The van der Waals surface area contributed by atoms with Gasteiger partial charge in [0.1, 0.15) is 0 Å². The molecule has 3 heteroatoms. The quantitative estimate of drug-likeness (QED) is 0.644. The number of hydrogen-bond acceptors (Lipinski definition) is 0. The average molecular weight is 173 g/mol. The molecule has 1 radical (unpaired) electrons. The van der Waals surface area contributed by atoms with E-state index in [0.29, 0.717) is 6.92 Å². The largest absolute Gasteiger partial charge is 0.280 e. The van der Waals surface area contributed by atoms with E-state index in [4.69, 9.17) is 0 Å². The molecule has 0 bridgehead atoms. The Balaban J connectivity index is 2.86. The highest BCUT2D eigenvalue weighted by atomic mass is 19.3. The summed E-state index contributed by atoms with van der Waals surface area (Å²) in [5.74, 6) is -3.32. The van der Waals surface area contributed by atoms with Gasteiger partial charge in [0.15, 0.2) is 6.17 Å². The van der Waals surface area contributed by atoms with Crippen molar-refractivity contribution in [3.8, 4) is 0 Å². The zero-order valence-electron chi connectivity index (χ0n) is 6.52. The van der Waals surface area contributed by atoms with Crippen molar-refractivity contribution in [2.24, 2.45) is 0 Å². The summed E-state index contributed by atoms with van der Waals surface area (Å²) in [4.78, 5) is 0. The highest BCUT2D eigenvalue weighted by Crippen LogP contribution is 2.33. The first kappa shape index (κ1) is 9.10. The van der Waals surface area contributed by atoms with Crippen LogP contribution in [0.2, 0.25) is 0 Å². The number of benzene rings is 1. The van der Waals surface area contributed by atoms with Gasteiger partial charge in [-0.1, -0.05) is 18.2 Å². The summed E-state index contributed by atoms with van der Waals surface area (Å²) in [6.07, 6.45) is -2.24. The van der Waals surface area contributed by atoms with E-state index >= 15 is 0 Å². The Labute approximate surface area is 69.0 Å². The molecule has 0 saturated carbocycles. The van der Waals surface area contributed by atoms with Crippen molar-refractivity contribution in [2.45, 2.75) is 19.0 Å². The maximum atomic E-state index is 12.9. The summed E-state index contributed by atoms with van der Waals surface area (Å²) in [6, 6.07) is 8.09. The molecule has 1 unspecified atom stereocenters. The first-order chi connectivity index (χ1) is 5.52. The lowest BCUT2D eigenvalue weighted by Crippen LogP contribution is -2.18. The summed E-state index contributed by atoms with van der Waals surface area (Å²) >= 11 is 0. The van der Waals surface area contributed by atoms with Gasteiger partial charge in [-0.2, -0.15) is 0 Å². The topological polar surface area (TPSA) is 0 Å². The van der Waals surface area contributed by atoms with E-state index in [9.17, 15) is 13.2 Å². The predicted octanol–water partition coefficient (Wildman–Crippen LogP) is 3.15. The molecule has 0 N–H and O–H groups in total. The van der Waals surface area contributed by atoms with Gasteiger partial charge in [-0.25, -0.2) is 13.2 Å². The van der Waals surface area contributed by atoms with Crippen LogP contribution in [0.15, 0.2) is 24.3 Å². The Bertz CT molecular complexity index is 238. The molecule has 0 heterocycles. The van der Waals surface area contributed by atoms with Gasteiger partial charge < -0.3 is 0 Å².